The highest BCUT2D eigenvalue weighted by atomic mass is 79.9. The molecule has 2 rings (SSSR count). The molecule has 0 spiro atoms. The Kier molecular flexibility index (Phi) is 5.60. The smallest absolute Gasteiger partial charge is 0.173 e. The van der Waals surface area contributed by atoms with Crippen LogP contribution >= 0.6 is 39.1 Å². The van der Waals surface area contributed by atoms with Gasteiger partial charge in [-0.1, -0.05) is 42.3 Å². The number of rotatable bonds is 4. The normalized spacial score (nSPS) is 12.5. The molecule has 21 heavy (non-hydrogen) atoms. The monoisotopic (exact) mass is 393 g/mol. The molecule has 0 saturated heterocycles. The van der Waals surface area contributed by atoms with Gasteiger partial charge in [-0.15, -0.1) is 0 Å². The number of hydrogen-bond acceptors (Lipinski definition) is 1. The molecule has 1 N–H and O–H groups in total. The van der Waals surface area contributed by atoms with E-state index in [1.165, 1.54) is 0 Å². The number of benzene rings is 2. The van der Waals surface area contributed by atoms with Crippen molar-refractivity contribution in [3.8, 4) is 0 Å². The van der Waals surface area contributed by atoms with Crippen molar-refractivity contribution < 1.29 is 8.78 Å². The number of hydrogen-bond donors (Lipinski definition) is 1. The predicted molar refractivity (Wildman–Crippen MR) is 86.0 cm³/mol. The Morgan fingerprint density at radius 2 is 1.86 bits per heavy atom. The van der Waals surface area contributed by atoms with E-state index in [0.29, 0.717) is 22.2 Å². The van der Waals surface area contributed by atoms with Crippen LogP contribution in [0, 0.1) is 11.6 Å². The van der Waals surface area contributed by atoms with Crippen molar-refractivity contribution in [2.75, 3.05) is 6.54 Å². The van der Waals surface area contributed by atoms with Gasteiger partial charge in [0.1, 0.15) is 0 Å². The zero-order valence-electron chi connectivity index (χ0n) is 11.1. The van der Waals surface area contributed by atoms with Gasteiger partial charge in [0, 0.05) is 0 Å². The minimum Gasteiger partial charge on any atom is -0.306 e. The molecule has 2 aromatic carbocycles. The third-order valence-corrected chi connectivity index (χ3v) is 4.61. The lowest BCUT2D eigenvalue weighted by Crippen LogP contribution is -2.22. The van der Waals surface area contributed by atoms with E-state index >= 15 is 0 Å². The second-order valence-corrected chi connectivity index (χ2v) is 6.04. The lowest BCUT2D eigenvalue weighted by molar-refractivity contribution is 0.498. The highest BCUT2D eigenvalue weighted by molar-refractivity contribution is 9.10. The molecule has 0 aromatic heterocycles. The van der Waals surface area contributed by atoms with Crippen LogP contribution in [0.1, 0.15) is 24.1 Å². The molecular weight excluding hydrogens is 383 g/mol. The summed E-state index contributed by atoms with van der Waals surface area (Å²) in [7, 11) is 0. The molecule has 1 atom stereocenters. The van der Waals surface area contributed by atoms with Crippen molar-refractivity contribution in [1.82, 2.24) is 5.32 Å². The first-order chi connectivity index (χ1) is 9.95. The molecule has 1 nitrogen and oxygen atoms in total. The van der Waals surface area contributed by atoms with E-state index in [2.05, 4.69) is 21.2 Å². The minimum atomic E-state index is -0.907. The standard InChI is InChI=1S/C15H12BrCl2F2N/c1-2-21-15(8-3-5-10(17)11(18)7-8)9-4-6-12(19)14(20)13(9)16/h3-7,15,21H,2H2,1H3. The van der Waals surface area contributed by atoms with Crippen molar-refractivity contribution in [1.29, 1.82) is 0 Å². The highest BCUT2D eigenvalue weighted by Gasteiger charge is 2.20. The average Bonchev–Trinajstić information content (AvgIpc) is 2.46. The van der Waals surface area contributed by atoms with E-state index in [9.17, 15) is 8.78 Å². The van der Waals surface area contributed by atoms with Crippen LogP contribution in [0.5, 0.6) is 0 Å². The first-order valence-corrected chi connectivity index (χ1v) is 7.82. The summed E-state index contributed by atoms with van der Waals surface area (Å²) in [5, 5.41) is 4.09. The lowest BCUT2D eigenvalue weighted by atomic mass is 9.98. The van der Waals surface area contributed by atoms with E-state index in [1.54, 1.807) is 24.3 Å². The van der Waals surface area contributed by atoms with Gasteiger partial charge in [0.05, 0.1) is 20.6 Å². The summed E-state index contributed by atoms with van der Waals surface area (Å²) >= 11 is 15.1. The van der Waals surface area contributed by atoms with Crippen LogP contribution in [-0.2, 0) is 0 Å². The Hall–Kier alpha value is -0.680. The molecule has 0 bridgehead atoms. The van der Waals surface area contributed by atoms with E-state index in [4.69, 9.17) is 23.2 Å². The third-order valence-electron chi connectivity index (χ3n) is 3.06. The van der Waals surface area contributed by atoms with E-state index in [1.807, 2.05) is 6.92 Å². The molecule has 2 aromatic rings. The van der Waals surface area contributed by atoms with Crippen molar-refractivity contribution in [2.24, 2.45) is 0 Å². The SMILES string of the molecule is CCNC(c1ccc(Cl)c(Cl)c1)c1ccc(F)c(F)c1Br. The molecule has 0 aliphatic rings. The van der Waals surface area contributed by atoms with Crippen molar-refractivity contribution in [3.63, 3.8) is 0 Å². The molecule has 0 amide bonds. The van der Waals surface area contributed by atoms with Gasteiger partial charge in [-0.2, -0.15) is 0 Å². The van der Waals surface area contributed by atoms with Crippen LogP contribution in [0.3, 0.4) is 0 Å². The maximum atomic E-state index is 13.8. The Morgan fingerprint density at radius 1 is 1.14 bits per heavy atom. The van der Waals surface area contributed by atoms with Crippen molar-refractivity contribution in [2.45, 2.75) is 13.0 Å². The van der Waals surface area contributed by atoms with Gasteiger partial charge in [-0.25, -0.2) is 8.78 Å². The molecular formula is C15H12BrCl2F2N. The average molecular weight is 395 g/mol. The Bertz CT molecular complexity index is 664. The molecule has 0 aliphatic heterocycles. The number of nitrogens with one attached hydrogen (secondary N) is 1. The molecule has 1 unspecified atom stereocenters. The van der Waals surface area contributed by atoms with Crippen molar-refractivity contribution >= 4 is 39.1 Å². The van der Waals surface area contributed by atoms with Crippen LogP contribution in [0.4, 0.5) is 8.78 Å². The van der Waals surface area contributed by atoms with E-state index in [-0.39, 0.29) is 10.5 Å². The Balaban J connectivity index is 2.53. The molecule has 0 saturated carbocycles. The quantitative estimate of drug-likeness (QED) is 0.652. The summed E-state index contributed by atoms with van der Waals surface area (Å²) in [5.41, 5.74) is 1.41. The summed E-state index contributed by atoms with van der Waals surface area (Å²) in [4.78, 5) is 0. The first-order valence-electron chi connectivity index (χ1n) is 6.27. The van der Waals surface area contributed by atoms with E-state index in [0.717, 1.165) is 11.6 Å². The summed E-state index contributed by atoms with van der Waals surface area (Å²) in [6.07, 6.45) is 0. The zero-order chi connectivity index (χ0) is 15.6. The topological polar surface area (TPSA) is 12.0 Å². The maximum absolute atomic E-state index is 13.8. The molecule has 0 heterocycles. The van der Waals surface area contributed by atoms with Gasteiger partial charge in [-0.3, -0.25) is 0 Å². The van der Waals surface area contributed by atoms with Gasteiger partial charge in [0.25, 0.3) is 0 Å². The fourth-order valence-electron chi connectivity index (χ4n) is 2.07. The lowest BCUT2D eigenvalue weighted by Gasteiger charge is -2.21. The van der Waals surface area contributed by atoms with Gasteiger partial charge in [-0.05, 0) is 51.8 Å². The predicted octanol–water partition coefficient (Wildman–Crippen LogP) is 5.73. The largest absolute Gasteiger partial charge is 0.306 e. The highest BCUT2D eigenvalue weighted by Crippen LogP contribution is 2.34. The van der Waals surface area contributed by atoms with Crippen LogP contribution in [-0.4, -0.2) is 6.54 Å². The maximum Gasteiger partial charge on any atom is 0.173 e. The second kappa shape index (κ2) is 7.05. The molecule has 6 heteroatoms. The molecule has 0 aliphatic carbocycles. The minimum absolute atomic E-state index is 0.0968. The fraction of sp³-hybridized carbons (Fsp3) is 0.200. The zero-order valence-corrected chi connectivity index (χ0v) is 14.2. The molecule has 112 valence electrons. The van der Waals surface area contributed by atoms with Gasteiger partial charge < -0.3 is 5.32 Å². The first kappa shape index (κ1) is 16.7. The summed E-state index contributed by atoms with van der Waals surface area (Å²) in [6.45, 7) is 2.58. The van der Waals surface area contributed by atoms with Crippen molar-refractivity contribution in [3.05, 3.63) is 67.6 Å². The fourth-order valence-corrected chi connectivity index (χ4v) is 2.92. The summed E-state index contributed by atoms with van der Waals surface area (Å²) < 4.78 is 27.1. The third kappa shape index (κ3) is 3.57. The Morgan fingerprint density at radius 3 is 2.48 bits per heavy atom. The van der Waals surface area contributed by atoms with Crippen LogP contribution in [0.25, 0.3) is 0 Å². The second-order valence-electron chi connectivity index (χ2n) is 4.43. The van der Waals surface area contributed by atoms with Gasteiger partial charge >= 0.3 is 0 Å². The number of halogens is 5. The van der Waals surface area contributed by atoms with Crippen LogP contribution in [0.2, 0.25) is 10.0 Å². The van der Waals surface area contributed by atoms with Gasteiger partial charge in [0.2, 0.25) is 0 Å². The molecule has 0 fully saturated rings. The summed E-state index contributed by atoms with van der Waals surface area (Å²) in [6, 6.07) is 7.52. The Labute approximate surface area is 140 Å². The van der Waals surface area contributed by atoms with Crippen LogP contribution in [0.15, 0.2) is 34.8 Å². The van der Waals surface area contributed by atoms with Gasteiger partial charge in [0.15, 0.2) is 11.6 Å². The summed E-state index contributed by atoms with van der Waals surface area (Å²) in [5.74, 6) is -1.80. The van der Waals surface area contributed by atoms with Crippen LogP contribution < -0.4 is 5.32 Å². The van der Waals surface area contributed by atoms with E-state index < -0.39 is 11.6 Å². The molecule has 0 radical (unpaired) electrons.